The minimum atomic E-state index is -1.84. The molecule has 11 nitrogen and oxygen atoms in total. The molecule has 250 valence electrons. The Hall–Kier alpha value is -4.10. The van der Waals surface area contributed by atoms with Gasteiger partial charge in [0.25, 0.3) is 5.91 Å². The van der Waals surface area contributed by atoms with E-state index in [9.17, 15) is 4.79 Å². The molecule has 4 aromatic rings. The molecule has 1 aromatic carbocycles. The highest BCUT2D eigenvalue weighted by molar-refractivity contribution is 6.76. The summed E-state index contributed by atoms with van der Waals surface area (Å²) in [5, 5.41) is 16.2. The van der Waals surface area contributed by atoms with Gasteiger partial charge < -0.3 is 24.5 Å². The van der Waals surface area contributed by atoms with Crippen molar-refractivity contribution in [3.63, 3.8) is 0 Å². The minimum Gasteiger partial charge on any atom is -0.499 e. The van der Waals surface area contributed by atoms with Gasteiger partial charge in [-0.3, -0.25) is 4.79 Å². The maximum Gasteiger partial charge on any atom is 0.252 e. The van der Waals surface area contributed by atoms with Crippen molar-refractivity contribution in [1.29, 1.82) is 0 Å². The van der Waals surface area contributed by atoms with Gasteiger partial charge in [-0.25, -0.2) is 14.6 Å². The molecule has 0 saturated carbocycles. The summed E-state index contributed by atoms with van der Waals surface area (Å²) in [5.74, 6) is 7.15. The average Bonchev–Trinajstić information content (AvgIpc) is 3.40. The van der Waals surface area contributed by atoms with Crippen LogP contribution >= 0.6 is 0 Å². The Morgan fingerprint density at radius 1 is 1.00 bits per heavy atom. The van der Waals surface area contributed by atoms with Crippen LogP contribution in [0.25, 0.3) is 21.8 Å². The lowest BCUT2D eigenvalue weighted by molar-refractivity contribution is -0.112. The van der Waals surface area contributed by atoms with Crippen LogP contribution in [-0.2, 0) is 25.4 Å². The van der Waals surface area contributed by atoms with Crippen molar-refractivity contribution in [3.8, 4) is 11.8 Å². The maximum absolute atomic E-state index is 12.6. The van der Waals surface area contributed by atoms with Crippen LogP contribution in [0.4, 0.5) is 11.6 Å². The van der Waals surface area contributed by atoms with Gasteiger partial charge in [0.2, 0.25) is 0 Å². The van der Waals surface area contributed by atoms with E-state index in [1.165, 1.54) is 12.3 Å². The second-order valence-corrected chi connectivity index (χ2v) is 24.5. The number of hydrogen-bond acceptors (Lipinski definition) is 9. The molecule has 0 radical (unpaired) electrons. The van der Waals surface area contributed by atoms with Crippen molar-refractivity contribution in [3.05, 3.63) is 60.1 Å². The highest BCUT2D eigenvalue weighted by Crippen LogP contribution is 2.36. The van der Waals surface area contributed by atoms with E-state index in [-0.39, 0.29) is 10.9 Å². The van der Waals surface area contributed by atoms with Gasteiger partial charge in [0.1, 0.15) is 30.5 Å². The zero-order valence-corrected chi connectivity index (χ0v) is 31.0. The summed E-state index contributed by atoms with van der Waals surface area (Å²) in [6, 6.07) is 8.70. The fourth-order valence-electron chi connectivity index (χ4n) is 4.22. The molecule has 0 saturated heterocycles. The molecule has 47 heavy (non-hydrogen) atoms. The van der Waals surface area contributed by atoms with Crippen molar-refractivity contribution in [1.82, 2.24) is 25.0 Å². The molecule has 0 aliphatic heterocycles. The zero-order valence-electron chi connectivity index (χ0n) is 29.0. The van der Waals surface area contributed by atoms with Gasteiger partial charge >= 0.3 is 0 Å². The molecule has 0 aliphatic rings. The molecule has 2 N–H and O–H groups in total. The van der Waals surface area contributed by atoms with E-state index in [0.717, 1.165) is 33.4 Å². The van der Waals surface area contributed by atoms with Crippen LogP contribution in [0.5, 0.6) is 0 Å². The molecule has 1 amide bonds. The number of aromatic nitrogens is 5. The molecule has 3 aromatic heterocycles. The van der Waals surface area contributed by atoms with Crippen LogP contribution in [0.15, 0.2) is 49.0 Å². The fraction of sp³-hybridized carbons (Fsp3) is 0.441. The maximum atomic E-state index is 12.6. The molecular weight excluding hydrogens is 627 g/mol. The molecule has 4 rings (SSSR count). The van der Waals surface area contributed by atoms with Crippen molar-refractivity contribution in [2.24, 2.45) is 0 Å². The average molecular weight is 674 g/mol. The van der Waals surface area contributed by atoms with E-state index in [4.69, 9.17) is 13.9 Å². The first-order valence-electron chi connectivity index (χ1n) is 15.8. The molecule has 0 aliphatic carbocycles. The third-order valence-electron chi connectivity index (χ3n) is 8.11. The number of anilines is 2. The molecule has 0 spiro atoms. The van der Waals surface area contributed by atoms with Gasteiger partial charge in [-0.05, 0) is 48.4 Å². The largest absolute Gasteiger partial charge is 0.499 e. The van der Waals surface area contributed by atoms with Crippen LogP contribution in [0.1, 0.15) is 31.9 Å². The number of rotatable bonds is 13. The minimum absolute atomic E-state index is 0.129. The highest BCUT2D eigenvalue weighted by Gasteiger charge is 2.36. The number of benzene rings is 1. The van der Waals surface area contributed by atoms with Gasteiger partial charge in [-0.2, -0.15) is 0 Å². The van der Waals surface area contributed by atoms with E-state index < -0.39 is 16.4 Å². The highest BCUT2D eigenvalue weighted by atomic mass is 28.4. The first kappa shape index (κ1) is 35.8. The molecule has 3 heterocycles. The Balaban J connectivity index is 1.43. The van der Waals surface area contributed by atoms with Crippen molar-refractivity contribution in [2.45, 2.75) is 71.3 Å². The number of pyridine rings is 2. The third kappa shape index (κ3) is 9.95. The Bertz CT molecular complexity index is 1800. The monoisotopic (exact) mass is 673 g/mol. The number of ether oxygens (including phenoxy) is 2. The van der Waals surface area contributed by atoms with Gasteiger partial charge in [0, 0.05) is 56.5 Å². The van der Waals surface area contributed by atoms with Crippen LogP contribution in [0, 0.1) is 11.8 Å². The zero-order chi connectivity index (χ0) is 34.2. The number of carbonyl (C=O) groups is 1. The van der Waals surface area contributed by atoms with Gasteiger partial charge in [0.05, 0.1) is 23.9 Å². The normalized spacial score (nSPS) is 12.4. The Morgan fingerprint density at radius 3 is 2.51 bits per heavy atom. The van der Waals surface area contributed by atoms with E-state index in [2.05, 4.69) is 96.3 Å². The Morgan fingerprint density at radius 2 is 1.79 bits per heavy atom. The summed E-state index contributed by atoms with van der Waals surface area (Å²) >= 11 is 0. The number of hydrogen-bond donors (Lipinski definition) is 2. The molecule has 0 unspecified atom stereocenters. The number of carbonyl (C=O) groups excluding carboxylic acids is 1. The molecule has 0 bridgehead atoms. The number of nitrogens with zero attached hydrogens (tertiary/aromatic N) is 5. The third-order valence-corrected chi connectivity index (χ3v) is 14.4. The summed E-state index contributed by atoms with van der Waals surface area (Å²) < 4.78 is 19.2. The first-order chi connectivity index (χ1) is 22.2. The second kappa shape index (κ2) is 15.2. The molecular formula is C34H47N7O4Si2. The van der Waals surface area contributed by atoms with Crippen LogP contribution < -0.4 is 10.6 Å². The summed E-state index contributed by atoms with van der Waals surface area (Å²) in [6.45, 7) is 19.9. The molecule has 0 fully saturated rings. The second-order valence-electron chi connectivity index (χ2n) is 14.0. The lowest BCUT2D eigenvalue weighted by Crippen LogP contribution is -2.41. The lowest BCUT2D eigenvalue weighted by atomic mass is 10.1. The smallest absolute Gasteiger partial charge is 0.252 e. The van der Waals surface area contributed by atoms with Gasteiger partial charge in [-0.15, -0.1) is 5.10 Å². The van der Waals surface area contributed by atoms with Crippen LogP contribution in [-0.4, -0.2) is 74.1 Å². The number of nitrogens with one attached hydrogen (secondary N) is 2. The molecule has 0 atom stereocenters. The van der Waals surface area contributed by atoms with E-state index >= 15 is 0 Å². The summed E-state index contributed by atoms with van der Waals surface area (Å²) in [5.41, 5.74) is 3.11. The summed E-state index contributed by atoms with van der Waals surface area (Å²) in [7, 11) is -1.20. The predicted molar refractivity (Wildman–Crippen MR) is 194 cm³/mol. The van der Waals surface area contributed by atoms with Crippen LogP contribution in [0.3, 0.4) is 0 Å². The Labute approximate surface area is 279 Å². The Kier molecular flexibility index (Phi) is 11.6. The standard InChI is InChI=1S/C34H47N7O4Si2/c1-34(2,3)47(8,9)45-17-16-43-15-14-32(42)38-31-21-27-26(22-37-33(35-4)28(27)23-36-31)12-10-25-11-13-30-29(20-25)39-40-41(30)24-44-18-19-46(5,6)7/h11,13-15,20-23H,16-19,24H2,1-9H3,(H,35,37)(H,36,38,42). The van der Waals surface area contributed by atoms with Crippen LogP contribution in [0.2, 0.25) is 43.8 Å². The van der Waals surface area contributed by atoms with Crippen molar-refractivity contribution < 1.29 is 18.7 Å². The summed E-state index contributed by atoms with van der Waals surface area (Å²) in [4.78, 5) is 21.5. The number of amides is 1. The lowest BCUT2D eigenvalue weighted by Gasteiger charge is -2.36. The topological polar surface area (TPSA) is 125 Å². The van der Waals surface area contributed by atoms with Gasteiger partial charge in [-0.1, -0.05) is 57.5 Å². The summed E-state index contributed by atoms with van der Waals surface area (Å²) in [6.07, 6.45) is 6.08. The first-order valence-corrected chi connectivity index (χ1v) is 22.4. The SMILES string of the molecule is CNc1ncc(C#Cc2ccc3c(c2)nnn3COCC[Si](C)(C)C)c2cc(NC(=O)C=COCCO[Si](C)(C)C(C)(C)C)ncc12. The quantitative estimate of drug-likeness (QED) is 0.0530. The van der Waals surface area contributed by atoms with E-state index in [1.54, 1.807) is 30.2 Å². The molecule has 13 heteroatoms. The number of fused-ring (bicyclic) bond motifs is 2. The van der Waals surface area contributed by atoms with Gasteiger partial charge in [0.15, 0.2) is 8.32 Å². The fourth-order valence-corrected chi connectivity index (χ4v) is 6.01. The van der Waals surface area contributed by atoms with E-state index in [0.29, 0.717) is 43.8 Å². The predicted octanol–water partition coefficient (Wildman–Crippen LogP) is 6.62. The van der Waals surface area contributed by atoms with Crippen molar-refractivity contribution >= 4 is 55.7 Å². The van der Waals surface area contributed by atoms with Crippen molar-refractivity contribution in [2.75, 3.05) is 37.5 Å². The van der Waals surface area contributed by atoms with E-state index in [1.807, 2.05) is 18.2 Å².